The molecule has 18 heavy (non-hydrogen) atoms. The topological polar surface area (TPSA) is 40.1 Å². The molecule has 0 aliphatic heterocycles. The number of carbonyl (C=O) groups is 1. The van der Waals surface area contributed by atoms with Gasteiger partial charge in [0.2, 0.25) is 0 Å². The molecule has 0 aromatic heterocycles. The summed E-state index contributed by atoms with van der Waals surface area (Å²) in [6.07, 6.45) is 1.52. The summed E-state index contributed by atoms with van der Waals surface area (Å²) in [6.45, 7) is 0. The van der Waals surface area contributed by atoms with Crippen LogP contribution in [0.2, 0.25) is 5.02 Å². The normalized spacial score (nSPS) is 11.3. The van der Waals surface area contributed by atoms with E-state index in [9.17, 15) is 9.90 Å². The van der Waals surface area contributed by atoms with E-state index in [-0.39, 0.29) is 5.57 Å². The SMILES string of the molecule is O=C([O-])/C(=C\c1ccccc1Cl)c1ccccc1. The van der Waals surface area contributed by atoms with Crippen LogP contribution < -0.4 is 5.11 Å². The molecule has 0 amide bonds. The highest BCUT2D eigenvalue weighted by Crippen LogP contribution is 2.22. The molecule has 3 heteroatoms. The molecule has 2 aromatic carbocycles. The number of halogens is 1. The Labute approximate surface area is 110 Å². The van der Waals surface area contributed by atoms with Crippen molar-refractivity contribution in [3.8, 4) is 0 Å². The van der Waals surface area contributed by atoms with Crippen LogP contribution in [0.4, 0.5) is 0 Å². The summed E-state index contributed by atoms with van der Waals surface area (Å²) in [7, 11) is 0. The van der Waals surface area contributed by atoms with Crippen molar-refractivity contribution in [2.24, 2.45) is 0 Å². The number of aliphatic carboxylic acids is 1. The highest BCUT2D eigenvalue weighted by atomic mass is 35.5. The van der Waals surface area contributed by atoms with Crippen LogP contribution in [-0.2, 0) is 4.79 Å². The second kappa shape index (κ2) is 5.52. The van der Waals surface area contributed by atoms with Gasteiger partial charge in [-0.05, 0) is 23.3 Å². The van der Waals surface area contributed by atoms with Crippen molar-refractivity contribution < 1.29 is 9.90 Å². The van der Waals surface area contributed by atoms with Gasteiger partial charge in [0, 0.05) is 10.6 Å². The van der Waals surface area contributed by atoms with Crippen LogP contribution in [0.15, 0.2) is 54.6 Å². The average molecular weight is 258 g/mol. The Bertz CT molecular complexity index is 588. The summed E-state index contributed by atoms with van der Waals surface area (Å²) >= 11 is 6.00. The third-order valence-corrected chi connectivity index (χ3v) is 2.85. The smallest absolute Gasteiger partial charge is 0.0721 e. The average Bonchev–Trinajstić information content (AvgIpc) is 2.38. The number of hydrogen-bond donors (Lipinski definition) is 0. The maximum absolute atomic E-state index is 11.2. The Balaban J connectivity index is 2.50. The number of benzene rings is 2. The highest BCUT2D eigenvalue weighted by Gasteiger charge is 2.04. The van der Waals surface area contributed by atoms with Gasteiger partial charge in [-0.15, -0.1) is 0 Å². The molecule has 0 heterocycles. The molecule has 0 saturated heterocycles. The quantitative estimate of drug-likeness (QED) is 0.626. The Morgan fingerprint density at radius 2 is 1.61 bits per heavy atom. The summed E-state index contributed by atoms with van der Waals surface area (Å²) in [4.78, 5) is 11.2. The Morgan fingerprint density at radius 1 is 1.00 bits per heavy atom. The van der Waals surface area contributed by atoms with E-state index in [4.69, 9.17) is 11.6 Å². The van der Waals surface area contributed by atoms with Crippen molar-refractivity contribution >= 4 is 29.2 Å². The number of rotatable bonds is 3. The van der Waals surface area contributed by atoms with Gasteiger partial charge >= 0.3 is 0 Å². The van der Waals surface area contributed by atoms with Crippen LogP contribution in [0.5, 0.6) is 0 Å². The minimum atomic E-state index is -1.22. The van der Waals surface area contributed by atoms with E-state index in [0.29, 0.717) is 16.1 Å². The van der Waals surface area contributed by atoms with Crippen LogP contribution in [0.1, 0.15) is 11.1 Å². The van der Waals surface area contributed by atoms with Crippen molar-refractivity contribution in [3.05, 3.63) is 70.7 Å². The zero-order chi connectivity index (χ0) is 13.0. The lowest BCUT2D eigenvalue weighted by Crippen LogP contribution is -2.23. The van der Waals surface area contributed by atoms with Crippen LogP contribution in [0.25, 0.3) is 11.6 Å². The molecule has 0 fully saturated rings. The van der Waals surface area contributed by atoms with Crippen molar-refractivity contribution in [1.82, 2.24) is 0 Å². The molecule has 2 rings (SSSR count). The van der Waals surface area contributed by atoms with Gasteiger partial charge in [0.25, 0.3) is 0 Å². The van der Waals surface area contributed by atoms with Crippen LogP contribution in [0.3, 0.4) is 0 Å². The lowest BCUT2D eigenvalue weighted by Gasteiger charge is -2.09. The zero-order valence-corrected chi connectivity index (χ0v) is 10.2. The van der Waals surface area contributed by atoms with Gasteiger partial charge in [0.05, 0.1) is 5.97 Å². The largest absolute Gasteiger partial charge is 0.545 e. The molecule has 2 aromatic rings. The Kier molecular flexibility index (Phi) is 3.80. The summed E-state index contributed by atoms with van der Waals surface area (Å²) in [5, 5.41) is 11.7. The maximum Gasteiger partial charge on any atom is 0.0721 e. The highest BCUT2D eigenvalue weighted by molar-refractivity contribution is 6.33. The van der Waals surface area contributed by atoms with Crippen molar-refractivity contribution in [1.29, 1.82) is 0 Å². The zero-order valence-electron chi connectivity index (χ0n) is 9.47. The fourth-order valence-electron chi connectivity index (χ4n) is 1.63. The first kappa shape index (κ1) is 12.4. The maximum atomic E-state index is 11.2. The summed E-state index contributed by atoms with van der Waals surface area (Å²) in [6, 6.07) is 15.9. The second-order valence-electron chi connectivity index (χ2n) is 3.73. The molecule has 0 N–H and O–H groups in total. The monoisotopic (exact) mass is 257 g/mol. The first-order valence-electron chi connectivity index (χ1n) is 5.41. The van der Waals surface area contributed by atoms with E-state index in [0.717, 1.165) is 0 Å². The lowest BCUT2D eigenvalue weighted by atomic mass is 10.0. The third-order valence-electron chi connectivity index (χ3n) is 2.51. The Hall–Kier alpha value is -2.06. The second-order valence-corrected chi connectivity index (χ2v) is 4.14. The van der Waals surface area contributed by atoms with E-state index in [1.807, 2.05) is 6.07 Å². The molecule has 0 atom stereocenters. The van der Waals surface area contributed by atoms with Gasteiger partial charge in [-0.2, -0.15) is 0 Å². The van der Waals surface area contributed by atoms with Gasteiger partial charge in [-0.3, -0.25) is 0 Å². The van der Waals surface area contributed by atoms with Crippen molar-refractivity contribution in [3.63, 3.8) is 0 Å². The summed E-state index contributed by atoms with van der Waals surface area (Å²) in [5.41, 5.74) is 1.36. The predicted molar refractivity (Wildman–Crippen MR) is 70.8 cm³/mol. The molecule has 90 valence electrons. The minimum absolute atomic E-state index is 0.115. The van der Waals surface area contributed by atoms with E-state index >= 15 is 0 Å². The van der Waals surface area contributed by atoms with Crippen LogP contribution in [0, 0.1) is 0 Å². The molecule has 0 spiro atoms. The molecule has 2 nitrogen and oxygen atoms in total. The Morgan fingerprint density at radius 3 is 2.22 bits per heavy atom. The summed E-state index contributed by atoms with van der Waals surface area (Å²) in [5.74, 6) is -1.22. The lowest BCUT2D eigenvalue weighted by molar-refractivity contribution is -0.295. The fourth-order valence-corrected chi connectivity index (χ4v) is 1.82. The predicted octanol–water partition coefficient (Wildman–Crippen LogP) is 2.63. The minimum Gasteiger partial charge on any atom is -0.545 e. The van der Waals surface area contributed by atoms with Gasteiger partial charge in [-0.25, -0.2) is 0 Å². The molecule has 0 radical (unpaired) electrons. The number of carboxylic acids is 1. The molecular formula is C15H10ClO2-. The summed E-state index contributed by atoms with van der Waals surface area (Å²) < 4.78 is 0. The molecule has 0 aliphatic carbocycles. The van der Waals surface area contributed by atoms with E-state index in [2.05, 4.69) is 0 Å². The number of carboxylic acid groups (broad SMARTS) is 1. The molecule has 0 aliphatic rings. The first-order chi connectivity index (χ1) is 8.68. The van der Waals surface area contributed by atoms with Gasteiger partial charge in [0.1, 0.15) is 0 Å². The van der Waals surface area contributed by atoms with Gasteiger partial charge in [-0.1, -0.05) is 60.1 Å². The van der Waals surface area contributed by atoms with Crippen molar-refractivity contribution in [2.75, 3.05) is 0 Å². The van der Waals surface area contributed by atoms with Crippen molar-refractivity contribution in [2.45, 2.75) is 0 Å². The molecule has 0 unspecified atom stereocenters. The van der Waals surface area contributed by atoms with Gasteiger partial charge < -0.3 is 9.90 Å². The van der Waals surface area contributed by atoms with Gasteiger partial charge in [0.15, 0.2) is 0 Å². The number of carbonyl (C=O) groups excluding carboxylic acids is 1. The first-order valence-corrected chi connectivity index (χ1v) is 5.79. The standard InChI is InChI=1S/C15H11ClO2/c16-14-9-5-4-8-12(14)10-13(15(17)18)11-6-2-1-3-7-11/h1-10H,(H,17,18)/p-1/b13-10-. The number of hydrogen-bond acceptors (Lipinski definition) is 2. The van der Waals surface area contributed by atoms with E-state index in [1.54, 1.807) is 48.5 Å². The molecule has 0 saturated carbocycles. The fraction of sp³-hybridized carbons (Fsp3) is 0. The van der Waals surface area contributed by atoms with Crippen LogP contribution in [-0.4, -0.2) is 5.97 Å². The third kappa shape index (κ3) is 2.79. The molecule has 0 bridgehead atoms. The van der Waals surface area contributed by atoms with Crippen LogP contribution >= 0.6 is 11.6 Å². The van der Waals surface area contributed by atoms with E-state index in [1.165, 1.54) is 6.08 Å². The van der Waals surface area contributed by atoms with E-state index < -0.39 is 5.97 Å². The molecular weight excluding hydrogens is 248 g/mol.